The van der Waals surface area contributed by atoms with Gasteiger partial charge in [0.25, 0.3) is 0 Å². The molecular weight excluding hydrogens is 326 g/mol. The van der Waals surface area contributed by atoms with Crippen LogP contribution in [0.3, 0.4) is 0 Å². The number of nitrogens with one attached hydrogen (secondary N) is 1. The molecule has 0 aromatic heterocycles. The van der Waals surface area contributed by atoms with Gasteiger partial charge in [-0.1, -0.05) is 20.8 Å². The number of hydrogen-bond acceptors (Lipinski definition) is 3. The number of hydrogen-bond donors (Lipinski definition) is 2. The van der Waals surface area contributed by atoms with Crippen LogP contribution in [0.1, 0.15) is 20.8 Å². The Labute approximate surface area is 126 Å². The number of carbonyl (C=O) groups is 2. The first-order valence-corrected chi connectivity index (χ1v) is 6.83. The van der Waals surface area contributed by atoms with E-state index in [1.165, 1.54) is 0 Å². The van der Waals surface area contributed by atoms with Gasteiger partial charge in [0.1, 0.15) is 11.7 Å². The van der Waals surface area contributed by atoms with Gasteiger partial charge in [0.15, 0.2) is 0 Å². The molecule has 6 heteroatoms. The second kappa shape index (κ2) is 6.26. The fourth-order valence-corrected chi connectivity index (χ4v) is 2.38. The molecule has 0 saturated heterocycles. The average Bonchev–Trinajstić information content (AvgIpc) is 2.26. The molecule has 20 heavy (non-hydrogen) atoms. The van der Waals surface area contributed by atoms with Crippen LogP contribution in [0, 0.1) is 11.3 Å². The van der Waals surface area contributed by atoms with Gasteiger partial charge < -0.3 is 15.2 Å². The first-order valence-electron chi connectivity index (χ1n) is 6.04. The van der Waals surface area contributed by atoms with Crippen LogP contribution < -0.4 is 10.1 Å². The molecule has 1 aromatic rings. The van der Waals surface area contributed by atoms with E-state index in [0.717, 1.165) is 0 Å². The van der Waals surface area contributed by atoms with Crippen LogP contribution in [-0.2, 0) is 9.59 Å². The number of halogens is 1. The molecule has 0 bridgehead atoms. The maximum atomic E-state index is 12.1. The standard InChI is InChI=1S/C14H18BrNO4/c1-14(2,3)11(13(18)19)12(17)16-8-5-6-10(20-4)9(15)7-8/h5-7,11H,1-4H3,(H,16,17)(H,18,19). The van der Waals surface area contributed by atoms with Crippen molar-refractivity contribution in [1.29, 1.82) is 0 Å². The summed E-state index contributed by atoms with van der Waals surface area (Å²) >= 11 is 3.31. The van der Waals surface area contributed by atoms with E-state index in [9.17, 15) is 14.7 Å². The van der Waals surface area contributed by atoms with Gasteiger partial charge >= 0.3 is 5.97 Å². The molecule has 1 aromatic carbocycles. The summed E-state index contributed by atoms with van der Waals surface area (Å²) in [6, 6.07) is 5.01. The van der Waals surface area contributed by atoms with Crippen molar-refractivity contribution >= 4 is 33.5 Å². The summed E-state index contributed by atoms with van der Waals surface area (Å²) < 4.78 is 5.77. The Hall–Kier alpha value is -1.56. The number of carboxylic acid groups (broad SMARTS) is 1. The van der Waals surface area contributed by atoms with E-state index in [1.807, 2.05) is 0 Å². The SMILES string of the molecule is COc1ccc(NC(=O)C(C(=O)O)C(C)(C)C)cc1Br. The molecule has 0 spiro atoms. The van der Waals surface area contributed by atoms with Crippen molar-refractivity contribution in [2.24, 2.45) is 11.3 Å². The van der Waals surface area contributed by atoms with E-state index in [2.05, 4.69) is 21.2 Å². The molecule has 110 valence electrons. The summed E-state index contributed by atoms with van der Waals surface area (Å²) in [6.45, 7) is 5.15. The van der Waals surface area contributed by atoms with Crippen LogP contribution in [0.4, 0.5) is 5.69 Å². The van der Waals surface area contributed by atoms with Crippen LogP contribution in [0.5, 0.6) is 5.75 Å². The molecule has 1 unspecified atom stereocenters. The molecule has 1 atom stereocenters. The highest BCUT2D eigenvalue weighted by Crippen LogP contribution is 2.30. The number of anilines is 1. The van der Waals surface area contributed by atoms with Crippen LogP contribution >= 0.6 is 15.9 Å². The summed E-state index contributed by atoms with van der Waals surface area (Å²) in [5, 5.41) is 11.8. The summed E-state index contributed by atoms with van der Waals surface area (Å²) in [5.41, 5.74) is -0.155. The molecule has 0 aliphatic heterocycles. The Balaban J connectivity index is 2.94. The predicted octanol–water partition coefficient (Wildman–Crippen LogP) is 3.14. The minimum absolute atomic E-state index is 0.512. The number of rotatable bonds is 4. The molecule has 0 aliphatic rings. The zero-order valence-corrected chi connectivity index (χ0v) is 13.4. The van der Waals surface area contributed by atoms with Gasteiger partial charge in [-0.15, -0.1) is 0 Å². The zero-order chi connectivity index (χ0) is 15.5. The third-order valence-corrected chi connectivity index (χ3v) is 3.41. The molecule has 0 radical (unpaired) electrons. The topological polar surface area (TPSA) is 75.6 Å². The number of carboxylic acids is 1. The van der Waals surface area contributed by atoms with Crippen molar-refractivity contribution in [3.63, 3.8) is 0 Å². The van der Waals surface area contributed by atoms with Crippen LogP contribution in [0.15, 0.2) is 22.7 Å². The maximum absolute atomic E-state index is 12.1. The quantitative estimate of drug-likeness (QED) is 0.823. The Morgan fingerprint density at radius 1 is 1.35 bits per heavy atom. The second-order valence-electron chi connectivity index (χ2n) is 5.48. The number of amides is 1. The fourth-order valence-electron chi connectivity index (χ4n) is 1.83. The zero-order valence-electron chi connectivity index (χ0n) is 11.9. The van der Waals surface area contributed by atoms with E-state index >= 15 is 0 Å². The highest BCUT2D eigenvalue weighted by Gasteiger charge is 2.37. The van der Waals surface area contributed by atoms with Gasteiger partial charge in [-0.2, -0.15) is 0 Å². The van der Waals surface area contributed by atoms with E-state index in [1.54, 1.807) is 46.1 Å². The van der Waals surface area contributed by atoms with Gasteiger partial charge in [0, 0.05) is 5.69 Å². The molecule has 0 heterocycles. The summed E-state index contributed by atoms with van der Waals surface area (Å²) in [5.74, 6) is -2.17. The van der Waals surface area contributed by atoms with Crippen molar-refractivity contribution in [2.75, 3.05) is 12.4 Å². The number of carbonyl (C=O) groups excluding carboxylic acids is 1. The van der Waals surface area contributed by atoms with Crippen LogP contribution in [0.25, 0.3) is 0 Å². The first-order chi connectivity index (χ1) is 9.16. The largest absolute Gasteiger partial charge is 0.496 e. The molecule has 1 rings (SSSR count). The molecule has 0 saturated carbocycles. The lowest BCUT2D eigenvalue weighted by molar-refractivity contribution is -0.149. The van der Waals surface area contributed by atoms with Gasteiger partial charge in [-0.25, -0.2) is 0 Å². The van der Waals surface area contributed by atoms with Crippen molar-refractivity contribution in [3.05, 3.63) is 22.7 Å². The van der Waals surface area contributed by atoms with E-state index in [0.29, 0.717) is 15.9 Å². The van der Waals surface area contributed by atoms with Gasteiger partial charge in [-0.3, -0.25) is 9.59 Å². The fraction of sp³-hybridized carbons (Fsp3) is 0.429. The Morgan fingerprint density at radius 3 is 2.35 bits per heavy atom. The van der Waals surface area contributed by atoms with Crippen molar-refractivity contribution in [1.82, 2.24) is 0 Å². The minimum atomic E-state index is -1.14. The van der Waals surface area contributed by atoms with E-state index in [4.69, 9.17) is 4.74 Å². The van der Waals surface area contributed by atoms with Crippen molar-refractivity contribution < 1.29 is 19.4 Å². The van der Waals surface area contributed by atoms with Gasteiger partial charge in [0.05, 0.1) is 11.6 Å². The Bertz CT molecular complexity index is 522. The van der Waals surface area contributed by atoms with E-state index < -0.39 is 23.2 Å². The molecule has 1 amide bonds. The highest BCUT2D eigenvalue weighted by atomic mass is 79.9. The lowest BCUT2D eigenvalue weighted by Gasteiger charge is -2.26. The Kier molecular flexibility index (Phi) is 5.16. The minimum Gasteiger partial charge on any atom is -0.496 e. The van der Waals surface area contributed by atoms with Crippen LogP contribution in [-0.4, -0.2) is 24.1 Å². The molecule has 5 nitrogen and oxygen atoms in total. The number of ether oxygens (including phenoxy) is 1. The van der Waals surface area contributed by atoms with Gasteiger partial charge in [0.2, 0.25) is 5.91 Å². The number of aliphatic carboxylic acids is 1. The molecular formula is C14H18BrNO4. The number of benzene rings is 1. The van der Waals surface area contributed by atoms with Crippen molar-refractivity contribution in [3.8, 4) is 5.75 Å². The smallest absolute Gasteiger partial charge is 0.316 e. The maximum Gasteiger partial charge on any atom is 0.316 e. The highest BCUT2D eigenvalue weighted by molar-refractivity contribution is 9.10. The van der Waals surface area contributed by atoms with Crippen LogP contribution in [0.2, 0.25) is 0 Å². The summed E-state index contributed by atoms with van der Waals surface area (Å²) in [7, 11) is 1.54. The molecule has 2 N–H and O–H groups in total. The van der Waals surface area contributed by atoms with Gasteiger partial charge in [-0.05, 0) is 39.5 Å². The second-order valence-corrected chi connectivity index (χ2v) is 6.33. The lowest BCUT2D eigenvalue weighted by atomic mass is 9.80. The third-order valence-electron chi connectivity index (χ3n) is 2.79. The van der Waals surface area contributed by atoms with Crippen molar-refractivity contribution in [2.45, 2.75) is 20.8 Å². The van der Waals surface area contributed by atoms with E-state index in [-0.39, 0.29) is 0 Å². The summed E-state index contributed by atoms with van der Waals surface area (Å²) in [6.07, 6.45) is 0. The first kappa shape index (κ1) is 16.5. The predicted molar refractivity (Wildman–Crippen MR) is 79.9 cm³/mol. The molecule has 0 aliphatic carbocycles. The number of methoxy groups -OCH3 is 1. The summed E-state index contributed by atoms with van der Waals surface area (Å²) in [4.78, 5) is 23.4. The average molecular weight is 344 g/mol. The molecule has 0 fully saturated rings. The Morgan fingerprint density at radius 2 is 1.95 bits per heavy atom. The third kappa shape index (κ3) is 3.96. The lowest BCUT2D eigenvalue weighted by Crippen LogP contribution is -2.39. The normalized spacial score (nSPS) is 12.7. The monoisotopic (exact) mass is 343 g/mol.